The van der Waals surface area contributed by atoms with Gasteiger partial charge >= 0.3 is 138 Å². The van der Waals surface area contributed by atoms with E-state index in [9.17, 15) is 5.11 Å². The summed E-state index contributed by atoms with van der Waals surface area (Å²) < 4.78 is 7.00. The molecule has 5 aromatic rings. The molecule has 1 aromatic heterocycles. The molecule has 8 heteroatoms. The zero-order valence-corrected chi connectivity index (χ0v) is 35.8. The van der Waals surface area contributed by atoms with Crippen molar-refractivity contribution in [3.8, 4) is 5.75 Å². The molecular weight excluding hydrogens is 886 g/mol. The second kappa shape index (κ2) is 18.0. The van der Waals surface area contributed by atoms with Gasteiger partial charge in [-0.3, -0.25) is 0 Å². The molecule has 0 saturated heterocycles. The molecule has 0 saturated carbocycles. The summed E-state index contributed by atoms with van der Waals surface area (Å²) in [7, 11) is 0. The third kappa shape index (κ3) is 10.1. The van der Waals surface area contributed by atoms with Crippen LogP contribution in [0.15, 0.2) is 82.4 Å². The van der Waals surface area contributed by atoms with Crippen molar-refractivity contribution >= 4 is 56.5 Å². The molecule has 1 N–H and O–H groups in total. The zero-order valence-electron chi connectivity index (χ0n) is 29.9. The number of fused-ring (bicyclic) bond motifs is 2. The van der Waals surface area contributed by atoms with Crippen LogP contribution in [-0.4, -0.2) is 9.51 Å². The van der Waals surface area contributed by atoms with Gasteiger partial charge < -0.3 is 10.1 Å². The number of rotatable bonds is 4. The average molecular weight is 931 g/mol. The first-order chi connectivity index (χ1) is 24.4. The zero-order chi connectivity index (χ0) is 36.7. The summed E-state index contributed by atoms with van der Waals surface area (Å²) in [4.78, 5) is 4.11. The molecule has 2 aliphatic rings. The smallest absolute Gasteiger partial charge is 0.138 e. The minimum atomic E-state index is -1.01. The Kier molecular flexibility index (Phi) is 14.0. The Bertz CT molecular complexity index is 2010. The molecule has 0 fully saturated rings. The van der Waals surface area contributed by atoms with Crippen LogP contribution in [0.5, 0.6) is 5.75 Å². The minimum Gasteiger partial charge on any atom is -0.665 e. The molecule has 3 nitrogen and oxygen atoms in total. The SMILES string of the molecule is CC(C)([CH]=[W]=[N]c1c(Cl)cccc1Cl)c1ccccc1.Cc1cc2c(cc1Cl)CCC[C@H]2c1c(O)c(Cl)cc2c1CCCC2.Cc1ccc(C)[n-]1. The Morgan fingerprint density at radius 1 is 0.745 bits per heavy atom. The predicted molar refractivity (Wildman–Crippen MR) is 214 cm³/mol. The van der Waals surface area contributed by atoms with E-state index in [1.54, 1.807) is 0 Å². The number of benzene rings is 4. The molecule has 0 spiro atoms. The van der Waals surface area contributed by atoms with E-state index in [0.717, 1.165) is 65.3 Å². The molecule has 268 valence electrons. The third-order valence-corrected chi connectivity index (χ3v) is 14.4. The van der Waals surface area contributed by atoms with Crippen molar-refractivity contribution in [2.24, 2.45) is 3.50 Å². The maximum Gasteiger partial charge on any atom is 0.138 e. The number of hydrogen-bond donors (Lipinski definition) is 1. The normalized spacial score (nSPS) is 14.9. The third-order valence-electron chi connectivity index (χ3n) is 9.57. The molecule has 0 bridgehead atoms. The first-order valence-electron chi connectivity index (χ1n) is 17.5. The van der Waals surface area contributed by atoms with E-state index in [2.05, 4.69) is 70.0 Å². The summed E-state index contributed by atoms with van der Waals surface area (Å²) in [6.45, 7) is 10.5. The van der Waals surface area contributed by atoms with Crippen molar-refractivity contribution in [2.45, 2.75) is 90.9 Å². The van der Waals surface area contributed by atoms with Crippen LogP contribution in [0.4, 0.5) is 5.69 Å². The van der Waals surface area contributed by atoms with Gasteiger partial charge in [0.1, 0.15) is 5.75 Å². The number of phenols is 1. The number of aromatic hydroxyl groups is 1. The molecule has 7 rings (SSSR count). The molecule has 2 aliphatic carbocycles. The molecule has 51 heavy (non-hydrogen) atoms. The van der Waals surface area contributed by atoms with Crippen molar-refractivity contribution in [3.63, 3.8) is 0 Å². The number of halogens is 4. The van der Waals surface area contributed by atoms with Crippen molar-refractivity contribution in [3.05, 3.63) is 149 Å². The molecule has 0 aliphatic heterocycles. The second-order valence-electron chi connectivity index (χ2n) is 13.9. The summed E-state index contributed by atoms with van der Waals surface area (Å²) in [6.07, 6.45) is 7.78. The van der Waals surface area contributed by atoms with Crippen LogP contribution in [0.3, 0.4) is 0 Å². The van der Waals surface area contributed by atoms with E-state index in [1.807, 2.05) is 56.3 Å². The Morgan fingerprint density at radius 2 is 1.37 bits per heavy atom. The van der Waals surface area contributed by atoms with Crippen LogP contribution in [0.1, 0.15) is 95.8 Å². The minimum absolute atomic E-state index is 0.0309. The van der Waals surface area contributed by atoms with Crippen LogP contribution < -0.4 is 4.98 Å². The van der Waals surface area contributed by atoms with E-state index in [0.29, 0.717) is 20.8 Å². The van der Waals surface area contributed by atoms with Crippen LogP contribution in [-0.2, 0) is 42.6 Å². The van der Waals surface area contributed by atoms with Crippen LogP contribution >= 0.6 is 46.4 Å². The second-order valence-corrected chi connectivity index (χ2v) is 17.8. The van der Waals surface area contributed by atoms with E-state index >= 15 is 0 Å². The van der Waals surface area contributed by atoms with Gasteiger partial charge in [-0.25, -0.2) is 0 Å². The maximum absolute atomic E-state index is 10.8. The topological polar surface area (TPSA) is 46.7 Å². The molecule has 1 heterocycles. The molecule has 0 radical (unpaired) electrons. The van der Waals surface area contributed by atoms with Crippen LogP contribution in [0.25, 0.3) is 0 Å². The summed E-state index contributed by atoms with van der Waals surface area (Å²) in [6, 6.07) is 26.3. The largest absolute Gasteiger partial charge is 0.665 e. The quantitative estimate of drug-likeness (QED) is 0.195. The fourth-order valence-electron chi connectivity index (χ4n) is 6.82. The van der Waals surface area contributed by atoms with E-state index in [4.69, 9.17) is 46.4 Å². The van der Waals surface area contributed by atoms with Gasteiger partial charge in [0.15, 0.2) is 0 Å². The summed E-state index contributed by atoms with van der Waals surface area (Å²) >= 11 is 24.0. The first kappa shape index (κ1) is 39.7. The Balaban J connectivity index is 0.000000168. The van der Waals surface area contributed by atoms with Crippen molar-refractivity contribution in [2.75, 3.05) is 0 Å². The van der Waals surface area contributed by atoms with Gasteiger partial charge in [0.05, 0.1) is 5.02 Å². The van der Waals surface area contributed by atoms with E-state index < -0.39 is 17.9 Å². The number of aromatic nitrogens is 1. The maximum atomic E-state index is 10.8. The summed E-state index contributed by atoms with van der Waals surface area (Å²) in [5, 5.41) is 13.4. The van der Waals surface area contributed by atoms with Gasteiger partial charge in [0.2, 0.25) is 0 Å². The molecule has 1 atom stereocenters. The fourth-order valence-corrected chi connectivity index (χ4v) is 10.8. The summed E-state index contributed by atoms with van der Waals surface area (Å²) in [5.74, 6) is 0.526. The average Bonchev–Trinajstić information content (AvgIpc) is 3.50. The van der Waals surface area contributed by atoms with Crippen molar-refractivity contribution in [1.29, 1.82) is 0 Å². The number of hydrogen-bond acceptors (Lipinski definition) is 2. The number of phenolic OH excluding ortho intramolecular Hbond substituents is 1. The molecule has 4 aromatic carbocycles. The van der Waals surface area contributed by atoms with Crippen molar-refractivity contribution in [1.82, 2.24) is 4.98 Å². The van der Waals surface area contributed by atoms with Gasteiger partial charge in [0.25, 0.3) is 0 Å². The molecule has 0 unspecified atom stereocenters. The van der Waals surface area contributed by atoms with Gasteiger partial charge in [-0.1, -0.05) is 55.2 Å². The number of aryl methyl sites for hydroxylation is 5. The van der Waals surface area contributed by atoms with Gasteiger partial charge in [-0.15, -0.1) is 0 Å². The molecule has 0 amide bonds. The first-order valence-corrected chi connectivity index (χ1v) is 22.0. The number of nitrogens with zero attached hydrogens (tertiary/aromatic N) is 2. The van der Waals surface area contributed by atoms with Crippen LogP contribution in [0.2, 0.25) is 20.1 Å². The van der Waals surface area contributed by atoms with Gasteiger partial charge in [0, 0.05) is 16.5 Å². The summed E-state index contributed by atoms with van der Waals surface area (Å²) in [5.41, 5.74) is 11.8. The Labute approximate surface area is 331 Å². The fraction of sp³-hybridized carbons (Fsp3) is 0.326. The van der Waals surface area contributed by atoms with Crippen molar-refractivity contribution < 1.29 is 23.0 Å². The van der Waals surface area contributed by atoms with E-state index in [1.165, 1.54) is 40.7 Å². The van der Waals surface area contributed by atoms with Gasteiger partial charge in [-0.2, -0.15) is 11.4 Å². The standard InChI is InChI=1S/C21H22Cl2O.C10H12.C6H3Cl2N.C6H8N.W/c1-12-9-17-14(10-18(12)22)6-4-8-16(17)20-15-7-3-2-5-13(15)11-19(23)21(20)24;1-10(2,3)9-7-5-4-6-8-9;7-4-2-1-3-5(8)6(4)9;1-5-3-4-6(2)7-5;/h9-11,16,24H,2-8H2,1H3;1,4-8H,2-3H3;1-3H;3-4H,1-2H3;/q;;;-1;/t16-;;;;/m1..../s1. The molecular formula is C43H45Cl4N2OW-. The monoisotopic (exact) mass is 929 g/mol. The van der Waals surface area contributed by atoms with Gasteiger partial charge in [-0.05, 0) is 91.8 Å². The predicted octanol–water partition coefficient (Wildman–Crippen LogP) is 13.3. The Morgan fingerprint density at radius 3 is 2.02 bits per heavy atom. The van der Waals surface area contributed by atoms with E-state index in [-0.39, 0.29) is 11.3 Å². The van der Waals surface area contributed by atoms with Crippen LogP contribution in [0, 0.1) is 20.8 Å². The Hall–Kier alpha value is -2.52.